The van der Waals surface area contributed by atoms with Crippen molar-refractivity contribution in [1.29, 1.82) is 0 Å². The van der Waals surface area contributed by atoms with Gasteiger partial charge in [-0.25, -0.2) is 4.79 Å². The topological polar surface area (TPSA) is 105 Å². The van der Waals surface area contributed by atoms with E-state index in [9.17, 15) is 19.5 Å². The summed E-state index contributed by atoms with van der Waals surface area (Å²) < 4.78 is 11.0. The number of amides is 1. The minimum atomic E-state index is -1.02. The van der Waals surface area contributed by atoms with E-state index in [1.807, 2.05) is 65.6 Å². The largest absolute Gasteiger partial charge is 0.494 e. The summed E-state index contributed by atoms with van der Waals surface area (Å²) in [5, 5.41) is 13.0. The summed E-state index contributed by atoms with van der Waals surface area (Å²) in [6, 6.07) is 32.1. The van der Waals surface area contributed by atoms with Gasteiger partial charge in [0.15, 0.2) is 5.78 Å². The molecule has 0 fully saturated rings. The van der Waals surface area contributed by atoms with Gasteiger partial charge in [0.1, 0.15) is 11.8 Å². The average Bonchev–Trinajstić information content (AvgIpc) is 3.06. The van der Waals surface area contributed by atoms with Crippen molar-refractivity contribution in [3.8, 4) is 5.75 Å². The van der Waals surface area contributed by atoms with Crippen molar-refractivity contribution in [3.63, 3.8) is 0 Å². The number of ether oxygens (including phenoxy) is 2. The van der Waals surface area contributed by atoms with Crippen molar-refractivity contribution in [2.45, 2.75) is 31.8 Å². The van der Waals surface area contributed by atoms with Gasteiger partial charge < -0.3 is 24.8 Å². The fourth-order valence-corrected chi connectivity index (χ4v) is 4.79. The van der Waals surface area contributed by atoms with Crippen molar-refractivity contribution in [2.24, 2.45) is 0 Å². The van der Waals surface area contributed by atoms with Crippen LogP contribution in [0.25, 0.3) is 0 Å². The number of anilines is 1. The molecule has 0 radical (unpaired) electrons. The SMILES string of the molecule is COCCC(=O)N(CCCOc1ccc(C[C@H](Nc2ccccc2C(=O)c2ccccc2)C(=O)O)cc1)Cc1ccccc1. The van der Waals surface area contributed by atoms with E-state index in [0.29, 0.717) is 61.7 Å². The van der Waals surface area contributed by atoms with E-state index in [1.165, 1.54) is 0 Å². The number of nitrogens with zero attached hydrogens (tertiary/aromatic N) is 1. The van der Waals surface area contributed by atoms with Crippen LogP contribution in [0.3, 0.4) is 0 Å². The van der Waals surface area contributed by atoms with Crippen molar-refractivity contribution in [2.75, 3.05) is 32.2 Å². The van der Waals surface area contributed by atoms with Crippen molar-refractivity contribution in [1.82, 2.24) is 4.90 Å². The van der Waals surface area contributed by atoms with Crippen molar-refractivity contribution in [3.05, 3.63) is 131 Å². The molecule has 0 aliphatic heterocycles. The molecule has 4 aromatic rings. The zero-order valence-electron chi connectivity index (χ0n) is 24.9. The summed E-state index contributed by atoms with van der Waals surface area (Å²) in [7, 11) is 1.58. The lowest BCUT2D eigenvalue weighted by molar-refractivity contribution is -0.138. The number of carboxylic acids is 1. The Labute approximate surface area is 258 Å². The first kappa shape index (κ1) is 32.0. The molecule has 0 heterocycles. The molecule has 0 bridgehead atoms. The molecule has 1 amide bonds. The second-order valence-electron chi connectivity index (χ2n) is 10.4. The molecule has 44 heavy (non-hydrogen) atoms. The van der Waals surface area contributed by atoms with Crippen molar-refractivity contribution >= 4 is 23.3 Å². The van der Waals surface area contributed by atoms with Gasteiger partial charge >= 0.3 is 5.97 Å². The lowest BCUT2D eigenvalue weighted by Crippen LogP contribution is -2.32. The predicted octanol–water partition coefficient (Wildman–Crippen LogP) is 5.86. The van der Waals surface area contributed by atoms with E-state index in [2.05, 4.69) is 5.32 Å². The summed E-state index contributed by atoms with van der Waals surface area (Å²) >= 11 is 0. The number of nitrogens with one attached hydrogen (secondary N) is 1. The molecule has 0 aliphatic carbocycles. The molecule has 228 valence electrons. The van der Waals surface area contributed by atoms with Gasteiger partial charge in [0.2, 0.25) is 5.91 Å². The second kappa shape index (κ2) is 16.6. The Kier molecular flexibility index (Phi) is 12.1. The molecule has 0 spiro atoms. The summed E-state index contributed by atoms with van der Waals surface area (Å²) in [5.41, 5.74) is 3.29. The maximum absolute atomic E-state index is 13.1. The number of methoxy groups -OCH3 is 1. The fourth-order valence-electron chi connectivity index (χ4n) is 4.79. The first-order chi connectivity index (χ1) is 21.4. The molecular weight excluding hydrogens is 556 g/mol. The van der Waals surface area contributed by atoms with E-state index in [1.54, 1.807) is 55.6 Å². The van der Waals surface area contributed by atoms with Crippen LogP contribution in [0.2, 0.25) is 0 Å². The highest BCUT2D eigenvalue weighted by Gasteiger charge is 2.21. The summed E-state index contributed by atoms with van der Waals surface area (Å²) in [6.07, 6.45) is 1.19. The number of carbonyl (C=O) groups is 3. The molecule has 0 aromatic heterocycles. The monoisotopic (exact) mass is 594 g/mol. The Balaban J connectivity index is 1.32. The molecule has 0 unspecified atom stereocenters. The van der Waals surface area contributed by atoms with Gasteiger partial charge in [-0.15, -0.1) is 0 Å². The Hall–Kier alpha value is -4.95. The average molecular weight is 595 g/mol. The Morgan fingerprint density at radius 3 is 2.14 bits per heavy atom. The standard InChI is InChI=1S/C36H38N2O6/c1-43-24-21-34(39)38(26-28-11-4-2-5-12-28)22-10-23-44-30-19-17-27(18-20-30)25-33(36(41)42)37-32-16-9-8-15-31(32)35(40)29-13-6-3-7-14-29/h2-9,11-20,33,37H,10,21-26H2,1H3,(H,41,42)/t33-/m0/s1. The van der Waals surface area contributed by atoms with Gasteiger partial charge in [0, 0.05) is 43.4 Å². The first-order valence-electron chi connectivity index (χ1n) is 14.6. The summed E-state index contributed by atoms with van der Waals surface area (Å²) in [6.45, 7) is 1.88. The number of carbonyl (C=O) groups excluding carboxylic acids is 2. The molecule has 4 aromatic carbocycles. The van der Waals surface area contributed by atoms with Crippen LogP contribution in [-0.4, -0.2) is 60.6 Å². The third-order valence-corrected chi connectivity index (χ3v) is 7.13. The van der Waals surface area contributed by atoms with E-state index in [4.69, 9.17) is 9.47 Å². The minimum Gasteiger partial charge on any atom is -0.494 e. The lowest BCUT2D eigenvalue weighted by Gasteiger charge is -2.23. The number of aliphatic carboxylic acids is 1. The van der Waals surface area contributed by atoms with Gasteiger partial charge in [-0.05, 0) is 41.8 Å². The maximum atomic E-state index is 13.1. The van der Waals surface area contributed by atoms with Crippen LogP contribution in [-0.2, 0) is 27.3 Å². The van der Waals surface area contributed by atoms with Crippen LogP contribution in [0.1, 0.15) is 39.9 Å². The Bertz CT molecular complexity index is 1490. The maximum Gasteiger partial charge on any atom is 0.326 e. The number of carboxylic acid groups (broad SMARTS) is 1. The van der Waals surface area contributed by atoms with Crippen molar-refractivity contribution < 1.29 is 29.0 Å². The third kappa shape index (κ3) is 9.54. The highest BCUT2D eigenvalue weighted by atomic mass is 16.5. The normalized spacial score (nSPS) is 11.4. The van der Waals surface area contributed by atoms with E-state index in [-0.39, 0.29) is 18.1 Å². The lowest BCUT2D eigenvalue weighted by atomic mass is 10.00. The van der Waals surface area contributed by atoms with Crippen LogP contribution in [0, 0.1) is 0 Å². The molecule has 1 atom stereocenters. The number of rotatable bonds is 17. The molecule has 0 saturated carbocycles. The van der Waals surface area contributed by atoms with Crippen LogP contribution in [0.5, 0.6) is 5.75 Å². The summed E-state index contributed by atoms with van der Waals surface area (Å²) in [5.74, 6) is -0.504. The van der Waals surface area contributed by atoms with Gasteiger partial charge in [-0.2, -0.15) is 0 Å². The molecule has 8 heteroatoms. The number of benzene rings is 4. The van der Waals surface area contributed by atoms with E-state index >= 15 is 0 Å². The molecule has 0 saturated heterocycles. The smallest absolute Gasteiger partial charge is 0.326 e. The highest BCUT2D eigenvalue weighted by Crippen LogP contribution is 2.22. The van der Waals surface area contributed by atoms with Crippen LogP contribution in [0.15, 0.2) is 109 Å². The van der Waals surface area contributed by atoms with Crippen LogP contribution < -0.4 is 10.1 Å². The number of para-hydroxylation sites is 1. The summed E-state index contributed by atoms with van der Waals surface area (Å²) in [4.78, 5) is 39.8. The van der Waals surface area contributed by atoms with E-state index < -0.39 is 12.0 Å². The van der Waals surface area contributed by atoms with Crippen LogP contribution in [0.4, 0.5) is 5.69 Å². The molecule has 8 nitrogen and oxygen atoms in total. The Morgan fingerprint density at radius 1 is 0.795 bits per heavy atom. The van der Waals surface area contributed by atoms with Gasteiger partial charge in [0.25, 0.3) is 0 Å². The fraction of sp³-hybridized carbons (Fsp3) is 0.250. The zero-order valence-corrected chi connectivity index (χ0v) is 24.9. The van der Waals surface area contributed by atoms with E-state index in [0.717, 1.165) is 11.1 Å². The highest BCUT2D eigenvalue weighted by molar-refractivity contribution is 6.12. The number of ketones is 1. The van der Waals surface area contributed by atoms with Crippen LogP contribution >= 0.6 is 0 Å². The quantitative estimate of drug-likeness (QED) is 0.117. The third-order valence-electron chi connectivity index (χ3n) is 7.13. The molecular formula is C36H38N2O6. The molecule has 0 aliphatic rings. The number of hydrogen-bond acceptors (Lipinski definition) is 6. The predicted molar refractivity (Wildman–Crippen MR) is 170 cm³/mol. The van der Waals surface area contributed by atoms with Gasteiger partial charge in [0.05, 0.1) is 19.6 Å². The minimum absolute atomic E-state index is 0.0358. The second-order valence-corrected chi connectivity index (χ2v) is 10.4. The zero-order chi connectivity index (χ0) is 31.1. The molecule has 4 rings (SSSR count). The molecule has 2 N–H and O–H groups in total. The first-order valence-corrected chi connectivity index (χ1v) is 14.6. The van der Waals surface area contributed by atoms with Gasteiger partial charge in [-0.1, -0.05) is 84.9 Å². The Morgan fingerprint density at radius 2 is 1.45 bits per heavy atom. The number of hydrogen-bond donors (Lipinski definition) is 2. The van der Waals surface area contributed by atoms with Gasteiger partial charge in [-0.3, -0.25) is 9.59 Å².